The number of allylic oxidation sites excluding steroid dienone is 5. The second kappa shape index (κ2) is 6.57. The summed E-state index contributed by atoms with van der Waals surface area (Å²) in [5.41, 5.74) is 10.6. The maximum absolute atomic E-state index is 6.04. The van der Waals surface area contributed by atoms with Crippen molar-refractivity contribution < 1.29 is 0 Å². The van der Waals surface area contributed by atoms with E-state index < -0.39 is 0 Å². The summed E-state index contributed by atoms with van der Waals surface area (Å²) in [5.74, 6) is 1.03. The van der Waals surface area contributed by atoms with Gasteiger partial charge in [-0.1, -0.05) is 31.9 Å². The van der Waals surface area contributed by atoms with E-state index in [2.05, 4.69) is 24.7 Å². The Balaban J connectivity index is 2.35. The third-order valence-corrected chi connectivity index (χ3v) is 3.93. The molecule has 0 aliphatic carbocycles. The van der Waals surface area contributed by atoms with Crippen molar-refractivity contribution in [3.8, 4) is 11.4 Å². The standard InChI is InChI=1S/C20H19N5/c1-5-13(4)25-19(15-9-8-12-22-18(15)21)24-17-11-10-16(23-20(17)25)14(6-2)7-3/h5-12H,1-2,4H2,3H3,(H2,21,22)/b14-7+. The average molecular weight is 329 g/mol. The largest absolute Gasteiger partial charge is 0.383 e. The van der Waals surface area contributed by atoms with Gasteiger partial charge in [0.15, 0.2) is 11.5 Å². The molecule has 0 unspecified atom stereocenters. The minimum Gasteiger partial charge on any atom is -0.383 e. The second-order valence-corrected chi connectivity index (χ2v) is 5.39. The molecule has 0 saturated carbocycles. The molecule has 0 fully saturated rings. The highest BCUT2D eigenvalue weighted by molar-refractivity contribution is 5.87. The van der Waals surface area contributed by atoms with Gasteiger partial charge in [-0.15, -0.1) is 0 Å². The molecule has 2 N–H and O–H groups in total. The van der Waals surface area contributed by atoms with E-state index in [9.17, 15) is 0 Å². The smallest absolute Gasteiger partial charge is 0.165 e. The lowest BCUT2D eigenvalue weighted by molar-refractivity contribution is 1.11. The summed E-state index contributed by atoms with van der Waals surface area (Å²) >= 11 is 0. The van der Waals surface area contributed by atoms with Crippen LogP contribution in [0, 0.1) is 0 Å². The lowest BCUT2D eigenvalue weighted by Gasteiger charge is -2.10. The molecular weight excluding hydrogens is 310 g/mol. The first-order valence-corrected chi connectivity index (χ1v) is 7.82. The molecule has 0 radical (unpaired) electrons. The molecule has 0 saturated heterocycles. The molecule has 3 rings (SSSR count). The fourth-order valence-corrected chi connectivity index (χ4v) is 2.64. The molecule has 0 spiro atoms. The minimum atomic E-state index is 0.399. The predicted octanol–water partition coefficient (Wildman–Crippen LogP) is 4.32. The number of anilines is 1. The van der Waals surface area contributed by atoms with Crippen LogP contribution in [0.3, 0.4) is 0 Å². The first-order valence-electron chi connectivity index (χ1n) is 7.82. The van der Waals surface area contributed by atoms with Crippen molar-refractivity contribution in [2.24, 2.45) is 0 Å². The predicted molar refractivity (Wildman–Crippen MR) is 105 cm³/mol. The monoisotopic (exact) mass is 329 g/mol. The topological polar surface area (TPSA) is 69.6 Å². The van der Waals surface area contributed by atoms with Gasteiger partial charge < -0.3 is 5.73 Å². The molecule has 3 heterocycles. The molecule has 0 bridgehead atoms. The summed E-state index contributed by atoms with van der Waals surface area (Å²) in [6.45, 7) is 13.7. The maximum atomic E-state index is 6.04. The van der Waals surface area contributed by atoms with Gasteiger partial charge in [0.1, 0.15) is 11.3 Å². The van der Waals surface area contributed by atoms with Gasteiger partial charge in [-0.3, -0.25) is 4.57 Å². The van der Waals surface area contributed by atoms with Crippen LogP contribution in [0.4, 0.5) is 5.82 Å². The van der Waals surface area contributed by atoms with E-state index >= 15 is 0 Å². The van der Waals surface area contributed by atoms with Crippen LogP contribution in [0.2, 0.25) is 0 Å². The van der Waals surface area contributed by atoms with E-state index in [0.717, 1.165) is 22.3 Å². The summed E-state index contributed by atoms with van der Waals surface area (Å²) in [5, 5.41) is 0. The Morgan fingerprint density at radius 3 is 2.60 bits per heavy atom. The number of nitrogen functional groups attached to an aromatic ring is 1. The molecule has 3 aromatic rings. The zero-order valence-corrected chi connectivity index (χ0v) is 14.1. The van der Waals surface area contributed by atoms with Crippen molar-refractivity contribution in [2.45, 2.75) is 6.92 Å². The van der Waals surface area contributed by atoms with Crippen molar-refractivity contribution >= 4 is 28.3 Å². The van der Waals surface area contributed by atoms with E-state index in [1.54, 1.807) is 18.3 Å². The number of nitrogens with two attached hydrogens (primary N) is 1. The van der Waals surface area contributed by atoms with Crippen LogP contribution in [-0.4, -0.2) is 19.5 Å². The van der Waals surface area contributed by atoms with E-state index in [1.165, 1.54) is 0 Å². The Kier molecular flexibility index (Phi) is 4.31. The third kappa shape index (κ3) is 2.76. The van der Waals surface area contributed by atoms with E-state index in [0.29, 0.717) is 23.0 Å². The Bertz CT molecular complexity index is 1020. The van der Waals surface area contributed by atoms with Crippen molar-refractivity contribution in [1.29, 1.82) is 0 Å². The molecule has 0 aliphatic rings. The quantitative estimate of drug-likeness (QED) is 0.708. The second-order valence-electron chi connectivity index (χ2n) is 5.39. The van der Waals surface area contributed by atoms with E-state index in [4.69, 9.17) is 15.7 Å². The van der Waals surface area contributed by atoms with Crippen LogP contribution in [0.1, 0.15) is 12.6 Å². The van der Waals surface area contributed by atoms with E-state index in [1.807, 2.05) is 41.8 Å². The lowest BCUT2D eigenvalue weighted by Crippen LogP contribution is -2.02. The summed E-state index contributed by atoms with van der Waals surface area (Å²) < 4.78 is 1.84. The first-order chi connectivity index (χ1) is 12.1. The van der Waals surface area contributed by atoms with Gasteiger partial charge >= 0.3 is 0 Å². The van der Waals surface area contributed by atoms with Gasteiger partial charge in [0, 0.05) is 11.9 Å². The highest BCUT2D eigenvalue weighted by Crippen LogP contribution is 2.30. The van der Waals surface area contributed by atoms with Gasteiger partial charge in [-0.2, -0.15) is 0 Å². The van der Waals surface area contributed by atoms with Gasteiger partial charge in [-0.25, -0.2) is 15.0 Å². The van der Waals surface area contributed by atoms with Crippen LogP contribution in [-0.2, 0) is 0 Å². The Labute approximate surface area is 146 Å². The van der Waals surface area contributed by atoms with Gasteiger partial charge in [-0.05, 0) is 42.8 Å². The number of fused-ring (bicyclic) bond motifs is 1. The first kappa shape index (κ1) is 16.4. The fraction of sp³-hybridized carbons (Fsp3) is 0.0500. The zero-order valence-electron chi connectivity index (χ0n) is 14.1. The van der Waals surface area contributed by atoms with Crippen LogP contribution >= 0.6 is 0 Å². The minimum absolute atomic E-state index is 0.399. The van der Waals surface area contributed by atoms with Crippen molar-refractivity contribution in [1.82, 2.24) is 19.5 Å². The van der Waals surface area contributed by atoms with Crippen molar-refractivity contribution in [3.63, 3.8) is 0 Å². The number of imidazole rings is 1. The van der Waals surface area contributed by atoms with Gasteiger partial charge in [0.05, 0.1) is 11.3 Å². The van der Waals surface area contributed by atoms with Crippen LogP contribution in [0.25, 0.3) is 33.8 Å². The summed E-state index contributed by atoms with van der Waals surface area (Å²) in [6, 6.07) is 7.54. The van der Waals surface area contributed by atoms with Crippen LogP contribution in [0.15, 0.2) is 68.4 Å². The van der Waals surface area contributed by atoms with Crippen molar-refractivity contribution in [3.05, 3.63) is 74.1 Å². The third-order valence-electron chi connectivity index (χ3n) is 3.93. The molecule has 0 amide bonds. The number of hydrogen-bond donors (Lipinski definition) is 1. The Hall–Kier alpha value is -3.47. The normalized spacial score (nSPS) is 11.5. The Morgan fingerprint density at radius 1 is 1.16 bits per heavy atom. The van der Waals surface area contributed by atoms with Crippen LogP contribution in [0.5, 0.6) is 0 Å². The number of hydrogen-bond acceptors (Lipinski definition) is 4. The van der Waals surface area contributed by atoms with Gasteiger partial charge in [0.2, 0.25) is 0 Å². The molecule has 25 heavy (non-hydrogen) atoms. The molecule has 5 heteroatoms. The number of pyridine rings is 2. The fourth-order valence-electron chi connectivity index (χ4n) is 2.64. The average Bonchev–Trinajstić information content (AvgIpc) is 3.01. The summed E-state index contributed by atoms with van der Waals surface area (Å²) in [6.07, 6.45) is 7.05. The van der Waals surface area contributed by atoms with Crippen molar-refractivity contribution in [2.75, 3.05) is 5.73 Å². The Morgan fingerprint density at radius 2 is 1.96 bits per heavy atom. The molecule has 124 valence electrons. The molecule has 0 aromatic carbocycles. The SMILES string of the molecule is C=CC(=C)n1c(-c2cccnc2N)nc2ccc(/C(C=C)=C/C)nc21. The number of rotatable bonds is 5. The lowest BCUT2D eigenvalue weighted by atomic mass is 10.1. The number of nitrogens with zero attached hydrogens (tertiary/aromatic N) is 4. The summed E-state index contributed by atoms with van der Waals surface area (Å²) in [7, 11) is 0. The highest BCUT2D eigenvalue weighted by Gasteiger charge is 2.18. The molecule has 5 nitrogen and oxygen atoms in total. The van der Waals surface area contributed by atoms with Crippen LogP contribution < -0.4 is 5.73 Å². The van der Waals surface area contributed by atoms with E-state index in [-0.39, 0.29) is 0 Å². The molecule has 3 aromatic heterocycles. The highest BCUT2D eigenvalue weighted by atomic mass is 15.1. The van der Waals surface area contributed by atoms with Gasteiger partial charge in [0.25, 0.3) is 0 Å². The molecule has 0 atom stereocenters. The zero-order chi connectivity index (χ0) is 18.0. The molecule has 0 aliphatic heterocycles. The summed E-state index contributed by atoms with van der Waals surface area (Å²) in [4.78, 5) is 13.6. The maximum Gasteiger partial charge on any atom is 0.165 e. The number of aromatic nitrogens is 4. The molecular formula is C20H19N5.